The molecule has 0 atom stereocenters. The molecule has 1 heterocycles. The molecular formula is C17H20ClN3. The molecule has 2 aromatic rings. The monoisotopic (exact) mass is 301 g/mol. The van der Waals surface area contributed by atoms with Gasteiger partial charge in [-0.2, -0.15) is 0 Å². The van der Waals surface area contributed by atoms with Crippen molar-refractivity contribution in [3.63, 3.8) is 0 Å². The van der Waals surface area contributed by atoms with Gasteiger partial charge in [0.05, 0.1) is 11.4 Å². The zero-order valence-corrected chi connectivity index (χ0v) is 13.0. The van der Waals surface area contributed by atoms with Crippen LogP contribution in [-0.2, 0) is 6.42 Å². The molecule has 0 aromatic heterocycles. The molecule has 2 aromatic carbocycles. The predicted molar refractivity (Wildman–Crippen MR) is 90.9 cm³/mol. The molecule has 1 aliphatic heterocycles. The lowest BCUT2D eigenvalue weighted by molar-refractivity contribution is 0.816. The van der Waals surface area contributed by atoms with Crippen molar-refractivity contribution in [2.24, 2.45) is 5.73 Å². The van der Waals surface area contributed by atoms with Crippen LogP contribution in [0, 0.1) is 0 Å². The van der Waals surface area contributed by atoms with Crippen molar-refractivity contribution >= 4 is 28.7 Å². The highest BCUT2D eigenvalue weighted by Gasteiger charge is 2.22. The molecular weight excluding hydrogens is 282 g/mol. The van der Waals surface area contributed by atoms with Gasteiger partial charge in [0.2, 0.25) is 0 Å². The summed E-state index contributed by atoms with van der Waals surface area (Å²) in [5.74, 6) is 0. The fraction of sp³-hybridized carbons (Fsp3) is 0.294. The summed E-state index contributed by atoms with van der Waals surface area (Å²) in [6.07, 6.45) is 0.838. The molecule has 0 unspecified atom stereocenters. The number of para-hydroxylation sites is 2. The highest BCUT2D eigenvalue weighted by molar-refractivity contribution is 6.30. The zero-order valence-electron chi connectivity index (χ0n) is 12.2. The minimum absolute atomic E-state index is 0.628. The summed E-state index contributed by atoms with van der Waals surface area (Å²) >= 11 is 6.15. The standard InChI is InChI=1S/C17H20ClN3/c1-20-10-11-21(17-5-3-2-4-16(17)20)15-7-6-14(18)12-13(15)8-9-19/h2-7,12H,8-11,19H2,1H3. The summed E-state index contributed by atoms with van der Waals surface area (Å²) in [4.78, 5) is 4.67. The highest BCUT2D eigenvalue weighted by atomic mass is 35.5. The Labute approximate surface area is 130 Å². The number of hydrogen-bond donors (Lipinski definition) is 1. The number of likely N-dealkylation sites (N-methyl/N-ethyl adjacent to an activating group) is 1. The van der Waals surface area contributed by atoms with Gasteiger partial charge in [0.25, 0.3) is 0 Å². The van der Waals surface area contributed by atoms with Crippen LogP contribution in [0.25, 0.3) is 0 Å². The van der Waals surface area contributed by atoms with Gasteiger partial charge in [0.15, 0.2) is 0 Å². The molecule has 0 fully saturated rings. The molecule has 2 N–H and O–H groups in total. The van der Waals surface area contributed by atoms with Crippen molar-refractivity contribution in [3.05, 3.63) is 53.1 Å². The third-order valence-electron chi connectivity index (χ3n) is 3.99. The third-order valence-corrected chi connectivity index (χ3v) is 4.22. The first-order valence-electron chi connectivity index (χ1n) is 7.27. The SMILES string of the molecule is CN1CCN(c2ccc(Cl)cc2CCN)c2ccccc21. The molecule has 3 nitrogen and oxygen atoms in total. The van der Waals surface area contributed by atoms with Crippen LogP contribution in [0.4, 0.5) is 17.1 Å². The van der Waals surface area contributed by atoms with Crippen LogP contribution in [0.1, 0.15) is 5.56 Å². The molecule has 0 spiro atoms. The number of rotatable bonds is 3. The van der Waals surface area contributed by atoms with Crippen molar-refractivity contribution in [1.29, 1.82) is 0 Å². The van der Waals surface area contributed by atoms with Crippen LogP contribution in [0.2, 0.25) is 5.02 Å². The molecule has 0 radical (unpaired) electrons. The van der Waals surface area contributed by atoms with E-state index < -0.39 is 0 Å². The van der Waals surface area contributed by atoms with Crippen LogP contribution in [0.5, 0.6) is 0 Å². The fourth-order valence-electron chi connectivity index (χ4n) is 2.93. The Morgan fingerprint density at radius 2 is 1.81 bits per heavy atom. The third kappa shape index (κ3) is 2.71. The number of fused-ring (bicyclic) bond motifs is 1. The van der Waals surface area contributed by atoms with Crippen LogP contribution in [0.15, 0.2) is 42.5 Å². The van der Waals surface area contributed by atoms with E-state index in [1.54, 1.807) is 0 Å². The van der Waals surface area contributed by atoms with E-state index in [2.05, 4.69) is 47.2 Å². The molecule has 0 saturated heterocycles. The van der Waals surface area contributed by atoms with E-state index in [9.17, 15) is 0 Å². The molecule has 0 aliphatic carbocycles. The summed E-state index contributed by atoms with van der Waals surface area (Å²) in [6, 6.07) is 14.6. The largest absolute Gasteiger partial charge is 0.371 e. The maximum absolute atomic E-state index is 6.15. The Morgan fingerprint density at radius 3 is 2.57 bits per heavy atom. The molecule has 0 bridgehead atoms. The van der Waals surface area contributed by atoms with Gasteiger partial charge in [-0.05, 0) is 48.9 Å². The van der Waals surface area contributed by atoms with E-state index in [4.69, 9.17) is 17.3 Å². The lowest BCUT2D eigenvalue weighted by Gasteiger charge is -2.38. The Morgan fingerprint density at radius 1 is 1.05 bits per heavy atom. The summed E-state index contributed by atoms with van der Waals surface area (Å²) in [7, 11) is 2.14. The van der Waals surface area contributed by atoms with Gasteiger partial charge >= 0.3 is 0 Å². The van der Waals surface area contributed by atoms with Crippen molar-refractivity contribution < 1.29 is 0 Å². The maximum atomic E-state index is 6.15. The lowest BCUT2D eigenvalue weighted by atomic mass is 10.1. The van der Waals surface area contributed by atoms with Crippen LogP contribution in [0.3, 0.4) is 0 Å². The smallest absolute Gasteiger partial charge is 0.0649 e. The van der Waals surface area contributed by atoms with Crippen LogP contribution < -0.4 is 15.5 Å². The normalized spacial score (nSPS) is 14.2. The Hall–Kier alpha value is -1.71. The van der Waals surface area contributed by atoms with E-state index >= 15 is 0 Å². The molecule has 0 saturated carbocycles. The number of nitrogens with two attached hydrogens (primary N) is 1. The van der Waals surface area contributed by atoms with Gasteiger partial charge in [0.1, 0.15) is 0 Å². The van der Waals surface area contributed by atoms with Gasteiger partial charge < -0.3 is 15.5 Å². The predicted octanol–water partition coefficient (Wildman–Crippen LogP) is 3.43. The molecule has 21 heavy (non-hydrogen) atoms. The van der Waals surface area contributed by atoms with Gasteiger partial charge in [-0.1, -0.05) is 23.7 Å². The minimum Gasteiger partial charge on any atom is -0.371 e. The first kappa shape index (κ1) is 14.2. The van der Waals surface area contributed by atoms with Crippen LogP contribution >= 0.6 is 11.6 Å². The quantitative estimate of drug-likeness (QED) is 0.943. The second kappa shape index (κ2) is 5.96. The molecule has 4 heteroatoms. The first-order valence-corrected chi connectivity index (χ1v) is 7.64. The molecule has 1 aliphatic rings. The van der Waals surface area contributed by atoms with E-state index in [0.717, 1.165) is 24.5 Å². The second-order valence-corrected chi connectivity index (χ2v) is 5.81. The molecule has 3 rings (SSSR count). The topological polar surface area (TPSA) is 32.5 Å². The van der Waals surface area contributed by atoms with E-state index in [1.165, 1.54) is 22.6 Å². The lowest BCUT2D eigenvalue weighted by Crippen LogP contribution is -2.36. The van der Waals surface area contributed by atoms with Gasteiger partial charge in [-0.25, -0.2) is 0 Å². The van der Waals surface area contributed by atoms with Crippen LogP contribution in [-0.4, -0.2) is 26.7 Å². The number of benzene rings is 2. The Bertz CT molecular complexity index is 642. The molecule has 0 amide bonds. The average molecular weight is 302 g/mol. The van der Waals surface area contributed by atoms with Crippen molar-refractivity contribution in [2.45, 2.75) is 6.42 Å². The summed E-state index contributed by atoms with van der Waals surface area (Å²) < 4.78 is 0. The van der Waals surface area contributed by atoms with Gasteiger partial charge in [-0.3, -0.25) is 0 Å². The number of halogens is 1. The summed E-state index contributed by atoms with van der Waals surface area (Å²) in [6.45, 7) is 2.59. The van der Waals surface area contributed by atoms with E-state index in [-0.39, 0.29) is 0 Å². The molecule has 110 valence electrons. The first-order chi connectivity index (χ1) is 10.2. The zero-order chi connectivity index (χ0) is 14.8. The number of nitrogens with zero attached hydrogens (tertiary/aromatic N) is 2. The maximum Gasteiger partial charge on any atom is 0.0649 e. The van der Waals surface area contributed by atoms with Gasteiger partial charge in [-0.15, -0.1) is 0 Å². The second-order valence-electron chi connectivity index (χ2n) is 5.37. The van der Waals surface area contributed by atoms with E-state index in [1.807, 2.05) is 12.1 Å². The number of hydrogen-bond acceptors (Lipinski definition) is 3. The Balaban J connectivity index is 2.07. The number of anilines is 3. The van der Waals surface area contributed by atoms with E-state index in [0.29, 0.717) is 6.54 Å². The fourth-order valence-corrected chi connectivity index (χ4v) is 3.12. The van der Waals surface area contributed by atoms with Crippen molar-refractivity contribution in [2.75, 3.05) is 36.5 Å². The summed E-state index contributed by atoms with van der Waals surface area (Å²) in [5.41, 5.74) is 10.7. The van der Waals surface area contributed by atoms with Crippen molar-refractivity contribution in [1.82, 2.24) is 0 Å². The Kier molecular flexibility index (Phi) is 4.04. The minimum atomic E-state index is 0.628. The highest BCUT2D eigenvalue weighted by Crippen LogP contribution is 2.38. The van der Waals surface area contributed by atoms with Crippen molar-refractivity contribution in [3.8, 4) is 0 Å². The average Bonchev–Trinajstić information content (AvgIpc) is 2.49. The van der Waals surface area contributed by atoms with Gasteiger partial charge in [0, 0.05) is 30.8 Å². The summed E-state index contributed by atoms with van der Waals surface area (Å²) in [5, 5.41) is 0.768.